The van der Waals surface area contributed by atoms with Crippen LogP contribution in [-0.4, -0.2) is 31.1 Å². The summed E-state index contributed by atoms with van der Waals surface area (Å²) in [6.07, 6.45) is 4.03. The van der Waals surface area contributed by atoms with Gasteiger partial charge in [-0.25, -0.2) is 0 Å². The van der Waals surface area contributed by atoms with E-state index in [0.29, 0.717) is 11.6 Å². The molecule has 0 heterocycles. The molecule has 1 atom stereocenters. The standard InChI is InChI=1S/C16H26N2/c1-13-6-8-15(9-7-13)14(2)17-12-16(18(3)4)10-5-11-16/h6-9,14,17H,5,10-12H2,1-4H3. The Balaban J connectivity index is 1.91. The van der Waals surface area contributed by atoms with Crippen LogP contribution in [0.15, 0.2) is 24.3 Å². The van der Waals surface area contributed by atoms with Gasteiger partial charge in [-0.1, -0.05) is 29.8 Å². The normalized spacial score (nSPS) is 19.6. The first-order valence-corrected chi connectivity index (χ1v) is 7.01. The van der Waals surface area contributed by atoms with Crippen LogP contribution in [0.3, 0.4) is 0 Å². The number of benzene rings is 1. The van der Waals surface area contributed by atoms with E-state index in [0.717, 1.165) is 6.54 Å². The number of nitrogens with zero attached hydrogens (tertiary/aromatic N) is 1. The monoisotopic (exact) mass is 246 g/mol. The van der Waals surface area contributed by atoms with Gasteiger partial charge >= 0.3 is 0 Å². The molecule has 2 nitrogen and oxygen atoms in total. The van der Waals surface area contributed by atoms with Crippen molar-refractivity contribution in [3.05, 3.63) is 35.4 Å². The van der Waals surface area contributed by atoms with Gasteiger partial charge in [-0.15, -0.1) is 0 Å². The summed E-state index contributed by atoms with van der Waals surface area (Å²) in [4.78, 5) is 2.39. The molecule has 1 N–H and O–H groups in total. The van der Waals surface area contributed by atoms with E-state index in [9.17, 15) is 0 Å². The molecular weight excluding hydrogens is 220 g/mol. The number of aryl methyl sites for hydroxylation is 1. The van der Waals surface area contributed by atoms with Gasteiger partial charge in [0.2, 0.25) is 0 Å². The molecule has 0 saturated heterocycles. The zero-order valence-electron chi connectivity index (χ0n) is 12.2. The number of rotatable bonds is 5. The average Bonchev–Trinajstić information content (AvgIpc) is 2.27. The van der Waals surface area contributed by atoms with Gasteiger partial charge < -0.3 is 10.2 Å². The van der Waals surface area contributed by atoms with Crippen LogP contribution < -0.4 is 5.32 Å². The van der Waals surface area contributed by atoms with Gasteiger partial charge in [0.1, 0.15) is 0 Å². The molecule has 0 bridgehead atoms. The molecule has 18 heavy (non-hydrogen) atoms. The van der Waals surface area contributed by atoms with Crippen LogP contribution in [-0.2, 0) is 0 Å². The maximum atomic E-state index is 3.70. The first kappa shape index (κ1) is 13.6. The van der Waals surface area contributed by atoms with E-state index in [2.05, 4.69) is 62.4 Å². The minimum Gasteiger partial charge on any atom is -0.308 e. The Hall–Kier alpha value is -0.860. The van der Waals surface area contributed by atoms with Crippen molar-refractivity contribution in [3.8, 4) is 0 Å². The Labute approximate surface area is 111 Å². The Bertz CT molecular complexity index is 377. The van der Waals surface area contributed by atoms with E-state index in [-0.39, 0.29) is 0 Å². The predicted octanol–water partition coefficient (Wildman–Crippen LogP) is 3.13. The number of hydrogen-bond acceptors (Lipinski definition) is 2. The average molecular weight is 246 g/mol. The van der Waals surface area contributed by atoms with Crippen LogP contribution in [0.25, 0.3) is 0 Å². The fraction of sp³-hybridized carbons (Fsp3) is 0.625. The van der Waals surface area contributed by atoms with E-state index in [1.165, 1.54) is 30.4 Å². The summed E-state index contributed by atoms with van der Waals surface area (Å²) in [5.41, 5.74) is 3.11. The third kappa shape index (κ3) is 2.76. The van der Waals surface area contributed by atoms with Gasteiger partial charge in [-0.2, -0.15) is 0 Å². The highest BCUT2D eigenvalue weighted by molar-refractivity contribution is 5.23. The zero-order chi connectivity index (χ0) is 13.2. The van der Waals surface area contributed by atoms with Crippen molar-refractivity contribution in [1.82, 2.24) is 10.2 Å². The van der Waals surface area contributed by atoms with Crippen molar-refractivity contribution in [3.63, 3.8) is 0 Å². The Morgan fingerprint density at radius 1 is 1.22 bits per heavy atom. The highest BCUT2D eigenvalue weighted by Crippen LogP contribution is 2.35. The van der Waals surface area contributed by atoms with Gasteiger partial charge in [-0.05, 0) is 52.8 Å². The molecule has 2 rings (SSSR count). The molecule has 0 aromatic heterocycles. The van der Waals surface area contributed by atoms with E-state index >= 15 is 0 Å². The Kier molecular flexibility index (Phi) is 4.08. The third-order valence-electron chi connectivity index (χ3n) is 4.55. The molecule has 1 saturated carbocycles. The fourth-order valence-electron chi connectivity index (χ4n) is 2.68. The third-order valence-corrected chi connectivity index (χ3v) is 4.55. The minimum absolute atomic E-state index is 0.402. The molecule has 0 radical (unpaired) electrons. The Morgan fingerprint density at radius 2 is 1.83 bits per heavy atom. The van der Waals surface area contributed by atoms with Crippen molar-refractivity contribution in [2.45, 2.75) is 44.7 Å². The quantitative estimate of drug-likeness (QED) is 0.858. The van der Waals surface area contributed by atoms with Gasteiger partial charge in [0.15, 0.2) is 0 Å². The number of nitrogens with one attached hydrogen (secondary N) is 1. The molecule has 1 fully saturated rings. The second-order valence-corrected chi connectivity index (χ2v) is 5.99. The van der Waals surface area contributed by atoms with Gasteiger partial charge in [0.05, 0.1) is 0 Å². The molecule has 0 spiro atoms. The highest BCUT2D eigenvalue weighted by Gasteiger charge is 2.38. The van der Waals surface area contributed by atoms with Crippen LogP contribution in [0.1, 0.15) is 43.4 Å². The van der Waals surface area contributed by atoms with Gasteiger partial charge in [0.25, 0.3) is 0 Å². The summed E-state index contributed by atoms with van der Waals surface area (Å²) >= 11 is 0. The molecule has 0 amide bonds. The summed E-state index contributed by atoms with van der Waals surface area (Å²) in [6, 6.07) is 9.28. The zero-order valence-corrected chi connectivity index (χ0v) is 12.2. The van der Waals surface area contributed by atoms with Gasteiger partial charge in [0, 0.05) is 18.1 Å². The molecular formula is C16H26N2. The molecule has 1 aromatic carbocycles. The lowest BCUT2D eigenvalue weighted by Gasteiger charge is -2.48. The van der Waals surface area contributed by atoms with Crippen molar-refractivity contribution < 1.29 is 0 Å². The maximum absolute atomic E-state index is 3.70. The van der Waals surface area contributed by atoms with E-state index in [1.807, 2.05) is 0 Å². The number of likely N-dealkylation sites (N-methyl/N-ethyl adjacent to an activating group) is 1. The van der Waals surface area contributed by atoms with Crippen molar-refractivity contribution in [2.75, 3.05) is 20.6 Å². The molecule has 0 aliphatic heterocycles. The molecule has 1 aromatic rings. The summed E-state index contributed by atoms with van der Waals surface area (Å²) in [5, 5.41) is 3.70. The van der Waals surface area contributed by atoms with Crippen molar-refractivity contribution >= 4 is 0 Å². The lowest BCUT2D eigenvalue weighted by atomic mass is 9.75. The van der Waals surface area contributed by atoms with E-state index in [4.69, 9.17) is 0 Å². The maximum Gasteiger partial charge on any atom is 0.0328 e. The smallest absolute Gasteiger partial charge is 0.0328 e. The van der Waals surface area contributed by atoms with Crippen LogP contribution in [0, 0.1) is 6.92 Å². The number of hydrogen-bond donors (Lipinski definition) is 1. The first-order valence-electron chi connectivity index (χ1n) is 7.01. The molecule has 1 unspecified atom stereocenters. The first-order chi connectivity index (χ1) is 8.53. The lowest BCUT2D eigenvalue weighted by molar-refractivity contribution is 0.0576. The van der Waals surface area contributed by atoms with Crippen molar-refractivity contribution in [1.29, 1.82) is 0 Å². The van der Waals surface area contributed by atoms with E-state index < -0.39 is 0 Å². The highest BCUT2D eigenvalue weighted by atomic mass is 15.2. The van der Waals surface area contributed by atoms with Crippen LogP contribution >= 0.6 is 0 Å². The summed E-state index contributed by atoms with van der Waals surface area (Å²) in [7, 11) is 4.41. The topological polar surface area (TPSA) is 15.3 Å². The molecule has 1 aliphatic carbocycles. The molecule has 2 heteroatoms. The minimum atomic E-state index is 0.402. The molecule has 100 valence electrons. The Morgan fingerprint density at radius 3 is 2.28 bits per heavy atom. The summed E-state index contributed by atoms with van der Waals surface area (Å²) < 4.78 is 0. The van der Waals surface area contributed by atoms with Gasteiger partial charge in [-0.3, -0.25) is 0 Å². The van der Waals surface area contributed by atoms with Crippen LogP contribution in [0.2, 0.25) is 0 Å². The van der Waals surface area contributed by atoms with E-state index in [1.54, 1.807) is 0 Å². The molecule has 1 aliphatic rings. The SMILES string of the molecule is Cc1ccc(C(C)NCC2(N(C)C)CCC2)cc1. The largest absolute Gasteiger partial charge is 0.308 e. The second-order valence-electron chi connectivity index (χ2n) is 5.99. The second kappa shape index (κ2) is 5.41. The fourth-order valence-corrected chi connectivity index (χ4v) is 2.68. The van der Waals surface area contributed by atoms with Crippen LogP contribution in [0.5, 0.6) is 0 Å². The predicted molar refractivity (Wildman–Crippen MR) is 77.9 cm³/mol. The lowest BCUT2D eigenvalue weighted by Crippen LogP contribution is -2.56. The summed E-state index contributed by atoms with van der Waals surface area (Å²) in [5.74, 6) is 0. The summed E-state index contributed by atoms with van der Waals surface area (Å²) in [6.45, 7) is 5.49. The van der Waals surface area contributed by atoms with Crippen molar-refractivity contribution in [2.24, 2.45) is 0 Å². The van der Waals surface area contributed by atoms with Crippen LogP contribution in [0.4, 0.5) is 0 Å².